The molecule has 2 aromatic carbocycles. The Kier molecular flexibility index (Phi) is 5.53. The van der Waals surface area contributed by atoms with Crippen LogP contribution >= 0.6 is 0 Å². The van der Waals surface area contributed by atoms with Crippen LogP contribution in [0.1, 0.15) is 10.4 Å². The zero-order valence-corrected chi connectivity index (χ0v) is 15.5. The van der Waals surface area contributed by atoms with Crippen molar-refractivity contribution in [3.05, 3.63) is 66.4 Å². The van der Waals surface area contributed by atoms with E-state index >= 15 is 0 Å². The highest BCUT2D eigenvalue weighted by Gasteiger charge is 2.25. The SMILES string of the molecule is O=C(c1cn(-c2ccccc2)nc1-c1ccc(OC(F)F)cc1)N1CCOCC1. The average Bonchev–Trinajstić information content (AvgIpc) is 3.20. The molecule has 1 fully saturated rings. The summed E-state index contributed by atoms with van der Waals surface area (Å²) in [5, 5.41) is 4.61. The van der Waals surface area contributed by atoms with Crippen molar-refractivity contribution >= 4 is 5.91 Å². The summed E-state index contributed by atoms with van der Waals surface area (Å²) in [5.41, 5.74) is 2.37. The number of alkyl halides is 2. The third-order valence-electron chi connectivity index (χ3n) is 4.62. The number of hydrogen-bond donors (Lipinski definition) is 0. The number of rotatable bonds is 5. The van der Waals surface area contributed by atoms with Gasteiger partial charge in [-0.1, -0.05) is 18.2 Å². The number of halogens is 2. The Morgan fingerprint density at radius 2 is 1.72 bits per heavy atom. The molecule has 8 heteroatoms. The molecule has 6 nitrogen and oxygen atoms in total. The molecule has 0 bridgehead atoms. The highest BCUT2D eigenvalue weighted by Crippen LogP contribution is 2.27. The van der Waals surface area contributed by atoms with Crippen molar-refractivity contribution in [3.8, 4) is 22.7 Å². The number of aromatic nitrogens is 2. The third-order valence-corrected chi connectivity index (χ3v) is 4.62. The predicted molar refractivity (Wildman–Crippen MR) is 102 cm³/mol. The number of carbonyl (C=O) groups excluding carboxylic acids is 1. The molecule has 0 atom stereocenters. The number of para-hydroxylation sites is 1. The highest BCUT2D eigenvalue weighted by molar-refractivity contribution is 6.00. The van der Waals surface area contributed by atoms with E-state index in [9.17, 15) is 13.6 Å². The van der Waals surface area contributed by atoms with E-state index in [1.54, 1.807) is 27.9 Å². The van der Waals surface area contributed by atoms with Gasteiger partial charge in [-0.15, -0.1) is 0 Å². The largest absolute Gasteiger partial charge is 0.435 e. The summed E-state index contributed by atoms with van der Waals surface area (Å²) in [6.07, 6.45) is 1.70. The van der Waals surface area contributed by atoms with Crippen molar-refractivity contribution in [1.82, 2.24) is 14.7 Å². The first-order chi connectivity index (χ1) is 14.1. The number of benzene rings is 2. The molecule has 1 amide bonds. The lowest BCUT2D eigenvalue weighted by Crippen LogP contribution is -2.40. The molecule has 0 unspecified atom stereocenters. The predicted octanol–water partition coefficient (Wildman–Crippen LogP) is 3.61. The van der Waals surface area contributed by atoms with Crippen LogP contribution in [-0.4, -0.2) is 53.5 Å². The monoisotopic (exact) mass is 399 g/mol. The zero-order valence-electron chi connectivity index (χ0n) is 15.5. The molecule has 0 N–H and O–H groups in total. The lowest BCUT2D eigenvalue weighted by atomic mass is 10.1. The van der Waals surface area contributed by atoms with Gasteiger partial charge >= 0.3 is 6.61 Å². The molecule has 1 aliphatic heterocycles. The number of ether oxygens (including phenoxy) is 2. The molecule has 0 spiro atoms. The summed E-state index contributed by atoms with van der Waals surface area (Å²) in [5.74, 6) is -0.0920. The quantitative estimate of drug-likeness (QED) is 0.658. The summed E-state index contributed by atoms with van der Waals surface area (Å²) in [4.78, 5) is 14.9. The Morgan fingerprint density at radius 1 is 1.03 bits per heavy atom. The minimum absolute atomic E-state index is 0.0484. The molecule has 1 saturated heterocycles. The van der Waals surface area contributed by atoms with Crippen LogP contribution in [0, 0.1) is 0 Å². The van der Waals surface area contributed by atoms with E-state index in [4.69, 9.17) is 4.74 Å². The molecule has 29 heavy (non-hydrogen) atoms. The van der Waals surface area contributed by atoms with E-state index in [1.807, 2.05) is 30.3 Å². The van der Waals surface area contributed by atoms with Gasteiger partial charge in [0.05, 0.1) is 24.5 Å². The Balaban J connectivity index is 1.72. The van der Waals surface area contributed by atoms with Gasteiger partial charge in [-0.05, 0) is 36.4 Å². The van der Waals surface area contributed by atoms with E-state index in [0.717, 1.165) is 5.69 Å². The first-order valence-electron chi connectivity index (χ1n) is 9.19. The molecular formula is C21H19F2N3O3. The fraction of sp³-hybridized carbons (Fsp3) is 0.238. The lowest BCUT2D eigenvalue weighted by molar-refractivity contribution is -0.0498. The van der Waals surface area contributed by atoms with E-state index in [0.29, 0.717) is 43.1 Å². The zero-order chi connectivity index (χ0) is 20.2. The van der Waals surface area contributed by atoms with Crippen molar-refractivity contribution < 1.29 is 23.0 Å². The van der Waals surface area contributed by atoms with Crippen molar-refractivity contribution in [2.75, 3.05) is 26.3 Å². The van der Waals surface area contributed by atoms with Crippen LogP contribution in [0.15, 0.2) is 60.8 Å². The minimum atomic E-state index is -2.89. The molecule has 2 heterocycles. The second-order valence-corrected chi connectivity index (χ2v) is 6.48. The number of amides is 1. The van der Waals surface area contributed by atoms with Gasteiger partial charge in [0.15, 0.2) is 0 Å². The maximum absolute atomic E-state index is 13.1. The molecular weight excluding hydrogens is 380 g/mol. The van der Waals surface area contributed by atoms with E-state index < -0.39 is 6.61 Å². The van der Waals surface area contributed by atoms with E-state index in [1.165, 1.54) is 12.1 Å². The van der Waals surface area contributed by atoms with Crippen molar-refractivity contribution in [2.45, 2.75) is 6.61 Å². The molecule has 4 rings (SSSR count). The Hall–Kier alpha value is -3.26. The van der Waals surface area contributed by atoms with Gasteiger partial charge in [0.2, 0.25) is 0 Å². The molecule has 0 radical (unpaired) electrons. The van der Waals surface area contributed by atoms with Crippen molar-refractivity contribution in [3.63, 3.8) is 0 Å². The van der Waals surface area contributed by atoms with Crippen LogP contribution in [0.3, 0.4) is 0 Å². The minimum Gasteiger partial charge on any atom is -0.435 e. The van der Waals surface area contributed by atoms with Crippen LogP contribution in [0.2, 0.25) is 0 Å². The third kappa shape index (κ3) is 4.27. The van der Waals surface area contributed by atoms with Gasteiger partial charge in [0.1, 0.15) is 11.4 Å². The van der Waals surface area contributed by atoms with Gasteiger partial charge < -0.3 is 14.4 Å². The normalized spacial score (nSPS) is 14.2. The first-order valence-corrected chi connectivity index (χ1v) is 9.19. The molecule has 0 saturated carbocycles. The van der Waals surface area contributed by atoms with Gasteiger partial charge in [-0.3, -0.25) is 4.79 Å². The fourth-order valence-corrected chi connectivity index (χ4v) is 3.19. The van der Waals surface area contributed by atoms with Gasteiger partial charge in [-0.25, -0.2) is 4.68 Å². The molecule has 3 aromatic rings. The average molecular weight is 399 g/mol. The van der Waals surface area contributed by atoms with Crippen LogP contribution in [0.5, 0.6) is 5.75 Å². The Morgan fingerprint density at radius 3 is 2.38 bits per heavy atom. The number of carbonyl (C=O) groups is 1. The van der Waals surface area contributed by atoms with Gasteiger partial charge in [0, 0.05) is 24.8 Å². The maximum atomic E-state index is 13.1. The first kappa shape index (κ1) is 19.1. The summed E-state index contributed by atoms with van der Waals surface area (Å²) in [7, 11) is 0. The molecule has 1 aromatic heterocycles. The maximum Gasteiger partial charge on any atom is 0.387 e. The van der Waals surface area contributed by atoms with Crippen molar-refractivity contribution in [1.29, 1.82) is 0 Å². The molecule has 0 aliphatic carbocycles. The summed E-state index contributed by atoms with van der Waals surface area (Å²) in [6.45, 7) is -0.885. The van der Waals surface area contributed by atoms with Gasteiger partial charge in [0.25, 0.3) is 5.91 Å². The Bertz CT molecular complexity index is 969. The smallest absolute Gasteiger partial charge is 0.387 e. The van der Waals surface area contributed by atoms with E-state index in [2.05, 4.69) is 9.84 Å². The molecule has 150 valence electrons. The summed E-state index contributed by atoms with van der Waals surface area (Å²) < 4.78 is 36.2. The number of morpholine rings is 1. The standard InChI is InChI=1S/C21H19F2N3O3/c22-21(23)29-17-8-6-15(7-9-17)19-18(20(27)25-10-12-28-13-11-25)14-26(24-19)16-4-2-1-3-5-16/h1-9,14,21H,10-13H2. The molecule has 1 aliphatic rings. The lowest BCUT2D eigenvalue weighted by Gasteiger charge is -2.26. The van der Waals surface area contributed by atoms with Crippen LogP contribution in [0.4, 0.5) is 8.78 Å². The van der Waals surface area contributed by atoms with E-state index in [-0.39, 0.29) is 11.7 Å². The summed E-state index contributed by atoms with van der Waals surface area (Å²) >= 11 is 0. The topological polar surface area (TPSA) is 56.6 Å². The van der Waals surface area contributed by atoms with Crippen LogP contribution in [0.25, 0.3) is 16.9 Å². The van der Waals surface area contributed by atoms with Gasteiger partial charge in [-0.2, -0.15) is 13.9 Å². The van der Waals surface area contributed by atoms with Crippen molar-refractivity contribution in [2.24, 2.45) is 0 Å². The fourth-order valence-electron chi connectivity index (χ4n) is 3.19. The van der Waals surface area contributed by atoms with Crippen LogP contribution < -0.4 is 4.74 Å². The second-order valence-electron chi connectivity index (χ2n) is 6.48. The highest BCUT2D eigenvalue weighted by atomic mass is 19.3. The summed E-state index contributed by atoms with van der Waals surface area (Å²) in [6, 6.07) is 15.6. The Labute approximate surface area is 166 Å². The number of hydrogen-bond acceptors (Lipinski definition) is 4. The van der Waals surface area contributed by atoms with Crippen LogP contribution in [-0.2, 0) is 4.74 Å². The second kappa shape index (κ2) is 8.40. The number of nitrogens with zero attached hydrogens (tertiary/aromatic N) is 3.